The molecule has 0 saturated carbocycles. The number of anilines is 1. The van der Waals surface area contributed by atoms with Crippen LogP contribution in [0.4, 0.5) is 19.0 Å². The fourth-order valence-corrected chi connectivity index (χ4v) is 6.19. The minimum atomic E-state index is -4.40. The summed E-state index contributed by atoms with van der Waals surface area (Å²) in [6.07, 6.45) is -0.497. The highest BCUT2D eigenvalue weighted by Crippen LogP contribution is 2.33. The van der Waals surface area contributed by atoms with Crippen LogP contribution in [0.3, 0.4) is 0 Å². The number of benzene rings is 1. The summed E-state index contributed by atoms with van der Waals surface area (Å²) in [5.41, 5.74) is 1.82. The van der Waals surface area contributed by atoms with E-state index < -0.39 is 11.7 Å². The van der Waals surface area contributed by atoms with Crippen LogP contribution in [-0.2, 0) is 11.0 Å². The van der Waals surface area contributed by atoms with Gasteiger partial charge in [0.15, 0.2) is 0 Å². The molecule has 1 saturated heterocycles. The highest BCUT2D eigenvalue weighted by atomic mass is 32.1. The predicted octanol–water partition coefficient (Wildman–Crippen LogP) is 5.53. The maximum Gasteiger partial charge on any atom is 0.417 e. The first-order valence-corrected chi connectivity index (χ1v) is 13.1. The van der Waals surface area contributed by atoms with Crippen molar-refractivity contribution in [1.29, 1.82) is 0 Å². The average Bonchev–Trinajstić information content (AvgIpc) is 3.35. The van der Waals surface area contributed by atoms with Crippen molar-refractivity contribution in [3.05, 3.63) is 65.2 Å². The Bertz CT molecular complexity index is 1260. The summed E-state index contributed by atoms with van der Waals surface area (Å²) in [5, 5.41) is 3.37. The van der Waals surface area contributed by atoms with Crippen molar-refractivity contribution in [2.45, 2.75) is 38.5 Å². The van der Waals surface area contributed by atoms with E-state index in [0.29, 0.717) is 38.5 Å². The summed E-state index contributed by atoms with van der Waals surface area (Å²) < 4.78 is 39.9. The molecule has 2 aromatic heterocycles. The Morgan fingerprint density at radius 3 is 2.53 bits per heavy atom. The lowest BCUT2D eigenvalue weighted by molar-refractivity contribution is -0.137. The van der Waals surface area contributed by atoms with Gasteiger partial charge in [-0.2, -0.15) is 13.2 Å². The van der Waals surface area contributed by atoms with Gasteiger partial charge < -0.3 is 9.80 Å². The van der Waals surface area contributed by atoms with E-state index in [-0.39, 0.29) is 18.0 Å². The highest BCUT2D eigenvalue weighted by Gasteiger charge is 2.34. The van der Waals surface area contributed by atoms with Gasteiger partial charge in [-0.05, 0) is 60.4 Å². The van der Waals surface area contributed by atoms with E-state index >= 15 is 0 Å². The van der Waals surface area contributed by atoms with E-state index in [1.165, 1.54) is 27.3 Å². The van der Waals surface area contributed by atoms with Crippen molar-refractivity contribution < 1.29 is 18.0 Å². The molecule has 3 aromatic rings. The van der Waals surface area contributed by atoms with Gasteiger partial charge in [0, 0.05) is 49.2 Å². The normalized spacial score (nSPS) is 21.6. The number of halogens is 3. The lowest BCUT2D eigenvalue weighted by atomic mass is 9.98. The number of carbonyl (C=O) groups excluding carboxylic acids is 1. The van der Waals surface area contributed by atoms with Crippen molar-refractivity contribution in [1.82, 2.24) is 14.8 Å². The molecule has 2 aliphatic rings. The number of nitrogens with zero attached hydrogens (tertiary/aromatic N) is 4. The van der Waals surface area contributed by atoms with E-state index in [4.69, 9.17) is 0 Å². The van der Waals surface area contributed by atoms with E-state index in [2.05, 4.69) is 59.5 Å². The Hall–Kier alpha value is -2.91. The minimum Gasteiger partial charge on any atom is -0.354 e. The molecule has 4 heterocycles. The van der Waals surface area contributed by atoms with Crippen molar-refractivity contribution in [3.8, 4) is 0 Å². The number of aromatic nitrogens is 1. The van der Waals surface area contributed by atoms with Gasteiger partial charge >= 0.3 is 6.18 Å². The van der Waals surface area contributed by atoms with Crippen LogP contribution in [0.5, 0.6) is 0 Å². The second kappa shape index (κ2) is 9.86. The number of rotatable bonds is 4. The number of fused-ring (bicyclic) bond motifs is 1. The van der Waals surface area contributed by atoms with Gasteiger partial charge in [-0.3, -0.25) is 9.69 Å². The molecular formula is C27H29F3N4OS. The fourth-order valence-electron chi connectivity index (χ4n) is 5.24. The number of piperazine rings is 1. The summed E-state index contributed by atoms with van der Waals surface area (Å²) >= 11 is 1.75. The van der Waals surface area contributed by atoms with Crippen LogP contribution < -0.4 is 4.90 Å². The molecule has 0 radical (unpaired) electrons. The van der Waals surface area contributed by atoms with Gasteiger partial charge in [-0.1, -0.05) is 24.3 Å². The van der Waals surface area contributed by atoms with E-state index in [1.807, 2.05) is 9.80 Å². The second-order valence-electron chi connectivity index (χ2n) is 9.64. The first kappa shape index (κ1) is 24.8. The van der Waals surface area contributed by atoms with Crippen LogP contribution in [0, 0.1) is 0 Å². The third-order valence-corrected chi connectivity index (χ3v) is 8.17. The zero-order valence-electron chi connectivity index (χ0n) is 20.3. The largest absolute Gasteiger partial charge is 0.417 e. The number of pyridine rings is 1. The number of amides is 1. The smallest absolute Gasteiger partial charge is 0.354 e. The topological polar surface area (TPSA) is 39.7 Å². The van der Waals surface area contributed by atoms with Gasteiger partial charge in [-0.25, -0.2) is 4.98 Å². The molecule has 2 unspecified atom stereocenters. The summed E-state index contributed by atoms with van der Waals surface area (Å²) in [5.74, 6) is 0.640. The zero-order chi connectivity index (χ0) is 25.4. The third kappa shape index (κ3) is 4.99. The van der Waals surface area contributed by atoms with Crippen molar-refractivity contribution in [3.63, 3.8) is 0 Å². The Morgan fingerprint density at radius 2 is 1.89 bits per heavy atom. The molecule has 1 amide bonds. The molecule has 0 N–H and O–H groups in total. The maximum absolute atomic E-state index is 13.2. The van der Waals surface area contributed by atoms with Gasteiger partial charge in [0.25, 0.3) is 0 Å². The van der Waals surface area contributed by atoms with Crippen LogP contribution in [-0.4, -0.2) is 65.5 Å². The fraction of sp³-hybridized carbons (Fsp3) is 0.407. The van der Waals surface area contributed by atoms with Crippen LogP contribution in [0.2, 0.25) is 0 Å². The van der Waals surface area contributed by atoms with Crippen molar-refractivity contribution in [2.75, 3.05) is 37.6 Å². The van der Waals surface area contributed by atoms with Crippen LogP contribution in [0.1, 0.15) is 31.4 Å². The summed E-state index contributed by atoms with van der Waals surface area (Å²) in [6, 6.07) is 11.1. The van der Waals surface area contributed by atoms with Gasteiger partial charge in [0.05, 0.1) is 12.1 Å². The Balaban J connectivity index is 1.20. The number of thiophene rings is 1. The number of carbonyl (C=O) groups is 1. The second-order valence-corrected chi connectivity index (χ2v) is 10.6. The number of hydrogen-bond donors (Lipinski definition) is 0. The number of alkyl halides is 3. The molecule has 2 atom stereocenters. The molecule has 36 heavy (non-hydrogen) atoms. The van der Waals surface area contributed by atoms with Crippen LogP contribution in [0.25, 0.3) is 15.7 Å². The first-order valence-electron chi connectivity index (χ1n) is 12.2. The molecule has 0 spiro atoms. The average molecular weight is 515 g/mol. The Labute approximate surface area is 212 Å². The predicted molar refractivity (Wildman–Crippen MR) is 138 cm³/mol. The van der Waals surface area contributed by atoms with E-state index in [0.717, 1.165) is 18.7 Å². The van der Waals surface area contributed by atoms with Crippen molar-refractivity contribution in [2.24, 2.45) is 0 Å². The SMILES string of the molecule is CC1CN(c2ccc(C(F)(F)F)cn2)CC(C)N1CC(=O)N1CC=C(c2cccc3ccsc23)CC1. The van der Waals surface area contributed by atoms with E-state index in [1.54, 1.807) is 11.3 Å². The summed E-state index contributed by atoms with van der Waals surface area (Å²) in [7, 11) is 0. The van der Waals surface area contributed by atoms with Gasteiger partial charge in [0.2, 0.25) is 5.91 Å². The first-order chi connectivity index (χ1) is 17.2. The monoisotopic (exact) mass is 514 g/mol. The molecule has 1 aromatic carbocycles. The summed E-state index contributed by atoms with van der Waals surface area (Å²) in [4.78, 5) is 23.3. The molecular weight excluding hydrogens is 485 g/mol. The maximum atomic E-state index is 13.2. The molecule has 190 valence electrons. The molecule has 9 heteroatoms. The highest BCUT2D eigenvalue weighted by molar-refractivity contribution is 7.17. The summed E-state index contributed by atoms with van der Waals surface area (Å²) in [6.45, 7) is 6.95. The standard InChI is InChI=1S/C27H29F3N4OS/c1-18-15-33(24-7-6-22(14-31-24)27(28,29)30)16-19(2)34(18)17-25(35)32-11-8-20(9-12-32)23-5-3-4-21-10-13-36-26(21)23/h3-8,10,13-14,18-19H,9,11-12,15-17H2,1-2H3. The molecule has 1 fully saturated rings. The molecule has 0 bridgehead atoms. The van der Waals surface area contributed by atoms with Crippen molar-refractivity contribution >= 4 is 38.7 Å². The van der Waals surface area contributed by atoms with E-state index in [9.17, 15) is 18.0 Å². The zero-order valence-corrected chi connectivity index (χ0v) is 21.1. The quantitative estimate of drug-likeness (QED) is 0.459. The minimum absolute atomic E-state index is 0.0640. The molecule has 0 aliphatic carbocycles. The van der Waals surface area contributed by atoms with Gasteiger partial charge in [0.1, 0.15) is 5.82 Å². The van der Waals surface area contributed by atoms with Crippen LogP contribution in [0.15, 0.2) is 54.1 Å². The Kier molecular flexibility index (Phi) is 6.78. The van der Waals surface area contributed by atoms with Gasteiger partial charge in [-0.15, -0.1) is 11.3 Å². The number of hydrogen-bond acceptors (Lipinski definition) is 5. The molecule has 5 nitrogen and oxygen atoms in total. The lowest BCUT2D eigenvalue weighted by Crippen LogP contribution is -2.59. The Morgan fingerprint density at radius 1 is 1.11 bits per heavy atom. The molecule has 2 aliphatic heterocycles. The van der Waals surface area contributed by atoms with Crippen LogP contribution >= 0.6 is 11.3 Å². The third-order valence-electron chi connectivity index (χ3n) is 7.21. The molecule has 5 rings (SSSR count). The lowest BCUT2D eigenvalue weighted by Gasteiger charge is -2.45.